The molecule has 0 aromatic heterocycles. The minimum Gasteiger partial charge on any atom is -1.00 e. The maximum absolute atomic E-state index is 4.58. The quantitative estimate of drug-likeness (QED) is 0.709. The molecule has 1 unspecified atom stereocenters. The van der Waals surface area contributed by atoms with E-state index in [2.05, 4.69) is 50.1 Å². The average molecular weight is 294 g/mol. The summed E-state index contributed by atoms with van der Waals surface area (Å²) in [5.41, 5.74) is 4.65. The maximum atomic E-state index is 4.58. The van der Waals surface area contributed by atoms with Crippen LogP contribution < -0.4 is 0 Å². The second-order valence-corrected chi connectivity index (χ2v) is 10.1. The van der Waals surface area contributed by atoms with Gasteiger partial charge >= 0.3 is 107 Å². The molecule has 1 atom stereocenters. The van der Waals surface area contributed by atoms with Crippen molar-refractivity contribution >= 4 is 4.21 Å². The van der Waals surface area contributed by atoms with Crippen molar-refractivity contribution in [1.29, 1.82) is 0 Å². The van der Waals surface area contributed by atoms with Gasteiger partial charge in [0.25, 0.3) is 0 Å². The first kappa shape index (κ1) is 12.2. The van der Waals surface area contributed by atoms with Gasteiger partial charge in [-0.2, -0.15) is 0 Å². The Morgan fingerprint density at radius 2 is 2.00 bits per heavy atom. The summed E-state index contributed by atoms with van der Waals surface area (Å²) in [6.45, 7) is 9.21. The fourth-order valence-electron chi connectivity index (χ4n) is 2.70. The van der Waals surface area contributed by atoms with Crippen molar-refractivity contribution in [2.75, 3.05) is 0 Å². The van der Waals surface area contributed by atoms with Crippen LogP contribution in [0.5, 0.6) is 0 Å². The molecule has 0 aliphatic heterocycles. The molecule has 0 aromatic rings. The summed E-state index contributed by atoms with van der Waals surface area (Å²) < 4.78 is 7.96. The first-order chi connectivity index (χ1) is 7.54. The third-order valence-electron chi connectivity index (χ3n) is 4.12. The third kappa shape index (κ3) is 1.84. The Morgan fingerprint density at radius 1 is 1.31 bits per heavy atom. The van der Waals surface area contributed by atoms with E-state index in [-0.39, 0.29) is 2.85 Å². The smallest absolute Gasteiger partial charge is 1.00 e. The van der Waals surface area contributed by atoms with Crippen LogP contribution in [0.1, 0.15) is 37.0 Å². The molecular formula is C15H22Zr. The van der Waals surface area contributed by atoms with Crippen molar-refractivity contribution in [1.82, 2.24) is 0 Å². The Bertz CT molecular complexity index is 479. The Morgan fingerprint density at radius 3 is 2.44 bits per heavy atom. The monoisotopic (exact) mass is 292 g/mol. The first-order valence-electron chi connectivity index (χ1n) is 5.98. The number of hydrogen-bond donors (Lipinski definition) is 0. The van der Waals surface area contributed by atoms with Crippen molar-refractivity contribution in [3.8, 4) is 0 Å². The molecule has 86 valence electrons. The molecule has 0 heterocycles. The van der Waals surface area contributed by atoms with Crippen LogP contribution in [0, 0.1) is 5.92 Å². The third-order valence-corrected chi connectivity index (χ3v) is 10.5. The summed E-state index contributed by atoms with van der Waals surface area (Å²) in [7, 11) is 0. The van der Waals surface area contributed by atoms with Gasteiger partial charge in [-0.1, -0.05) is 0 Å². The van der Waals surface area contributed by atoms with Crippen LogP contribution in [-0.4, -0.2) is 4.21 Å². The van der Waals surface area contributed by atoms with Gasteiger partial charge in [-0.25, -0.2) is 0 Å². The van der Waals surface area contributed by atoms with Crippen molar-refractivity contribution in [2.24, 2.45) is 5.92 Å². The maximum Gasteiger partial charge on any atom is -1.00 e. The molecule has 2 rings (SSSR count). The molecule has 0 spiro atoms. The number of rotatable bonds is 2. The van der Waals surface area contributed by atoms with Crippen LogP contribution >= 0.6 is 0 Å². The van der Waals surface area contributed by atoms with E-state index in [0.29, 0.717) is 5.92 Å². The van der Waals surface area contributed by atoms with Gasteiger partial charge in [0.05, 0.1) is 0 Å². The van der Waals surface area contributed by atoms with E-state index in [0.717, 1.165) is 0 Å². The van der Waals surface area contributed by atoms with E-state index >= 15 is 0 Å². The summed E-state index contributed by atoms with van der Waals surface area (Å²) >= 11 is -1.73. The molecular weight excluding hydrogens is 271 g/mol. The topological polar surface area (TPSA) is 0 Å². The van der Waals surface area contributed by atoms with Crippen LogP contribution in [0.3, 0.4) is 0 Å². The molecule has 2 aliphatic carbocycles. The van der Waals surface area contributed by atoms with E-state index in [1.807, 2.05) is 0 Å². The van der Waals surface area contributed by atoms with Gasteiger partial charge in [0.15, 0.2) is 0 Å². The Balaban J connectivity index is 0.00000144. The molecule has 0 nitrogen and oxygen atoms in total. The predicted molar refractivity (Wildman–Crippen MR) is 71.4 cm³/mol. The number of allylic oxidation sites excluding steroid dienone is 8. The molecule has 1 heteroatoms. The summed E-state index contributed by atoms with van der Waals surface area (Å²) in [5, 5.41) is 0. The Hall–Kier alpha value is -0.287. The van der Waals surface area contributed by atoms with Gasteiger partial charge in [-0.3, -0.25) is 0 Å². The van der Waals surface area contributed by atoms with Gasteiger partial charge in [0.2, 0.25) is 0 Å². The summed E-state index contributed by atoms with van der Waals surface area (Å²) in [6.07, 6.45) is 7.95. The zero-order valence-electron chi connectivity index (χ0n) is 12.7. The molecule has 0 radical (unpaired) electrons. The van der Waals surface area contributed by atoms with Gasteiger partial charge < -0.3 is 2.85 Å². The molecule has 0 bridgehead atoms. The normalized spacial score (nSPS) is 23.9. The zero-order valence-corrected chi connectivity index (χ0v) is 13.2. The molecule has 2 aliphatic rings. The summed E-state index contributed by atoms with van der Waals surface area (Å²) in [6, 6.07) is 0. The van der Waals surface area contributed by atoms with E-state index in [9.17, 15) is 0 Å². The minimum absolute atomic E-state index is 0. The van der Waals surface area contributed by atoms with Gasteiger partial charge in [-0.15, -0.1) is 0 Å². The van der Waals surface area contributed by atoms with E-state index in [1.54, 1.807) is 17.7 Å². The summed E-state index contributed by atoms with van der Waals surface area (Å²) in [4.78, 5) is 0. The van der Waals surface area contributed by atoms with Crippen molar-refractivity contribution < 1.29 is 24.1 Å². The number of hydrogen-bond acceptors (Lipinski definition) is 0. The fraction of sp³-hybridized carbons (Fsp3) is 0.400. The fourth-order valence-corrected chi connectivity index (χ4v) is 8.56. The Labute approximate surface area is 110 Å². The van der Waals surface area contributed by atoms with E-state index in [1.165, 1.54) is 12.0 Å². The molecule has 0 saturated carbocycles. The van der Waals surface area contributed by atoms with E-state index in [4.69, 9.17) is 0 Å². The first-order valence-corrected chi connectivity index (χ1v) is 10.2. The zero-order chi connectivity index (χ0) is 11.9. The second kappa shape index (κ2) is 4.53. The van der Waals surface area contributed by atoms with Crippen molar-refractivity contribution in [3.05, 3.63) is 41.5 Å². The van der Waals surface area contributed by atoms with Crippen molar-refractivity contribution in [3.63, 3.8) is 0 Å². The molecule has 16 heavy (non-hydrogen) atoms. The van der Waals surface area contributed by atoms with Crippen LogP contribution in [0.2, 0.25) is 0 Å². The molecule has 0 saturated heterocycles. The van der Waals surface area contributed by atoms with Gasteiger partial charge in [0, 0.05) is 0 Å². The van der Waals surface area contributed by atoms with Gasteiger partial charge in [-0.05, 0) is 0 Å². The van der Waals surface area contributed by atoms with E-state index < -0.39 is 21.3 Å². The second-order valence-electron chi connectivity index (χ2n) is 4.87. The standard InChI is InChI=1S/C9H13.C5H5.CH2.Zr.2H/c1-6-5-7(2)9(4)8(6)3;1-2-4-5-3-1;;;;/h6H,1-4H3;1-3H,4H2;1H2;;;/q;;;+2;2*-1. The Kier molecular flexibility index (Phi) is 3.45. The van der Waals surface area contributed by atoms with Crippen molar-refractivity contribution in [2.45, 2.75) is 34.1 Å². The van der Waals surface area contributed by atoms with Crippen LogP contribution in [0.25, 0.3) is 0 Å². The summed E-state index contributed by atoms with van der Waals surface area (Å²) in [5.74, 6) is 0.661. The minimum atomic E-state index is -1.73. The predicted octanol–water partition coefficient (Wildman–Crippen LogP) is 4.37. The van der Waals surface area contributed by atoms with Crippen LogP contribution in [0.4, 0.5) is 0 Å². The molecule has 0 fully saturated rings. The average Bonchev–Trinajstić information content (AvgIpc) is 2.84. The van der Waals surface area contributed by atoms with Gasteiger partial charge in [0.1, 0.15) is 0 Å². The largest absolute Gasteiger partial charge is 1.00 e. The molecule has 0 aromatic carbocycles. The SMILES string of the molecule is [CH2]=[Zr+2]([C]1=CC=CC1)[C]1=C(C)C(C)=C(C)C1C.[H-].[H-]. The van der Waals surface area contributed by atoms with Crippen LogP contribution in [-0.2, 0) is 21.3 Å². The molecule has 0 N–H and O–H groups in total. The van der Waals surface area contributed by atoms with Crippen LogP contribution in [0.15, 0.2) is 41.5 Å². The molecule has 0 amide bonds.